The van der Waals surface area contributed by atoms with E-state index in [0.717, 1.165) is 6.92 Å². The molecule has 9 heteroatoms. The predicted octanol–water partition coefficient (Wildman–Crippen LogP) is 3.29. The van der Waals surface area contributed by atoms with E-state index < -0.39 is 18.6 Å². The summed E-state index contributed by atoms with van der Waals surface area (Å²) in [6.07, 6.45) is 2.84. The largest absolute Gasteiger partial charge is 0.485 e. The van der Waals surface area contributed by atoms with Crippen LogP contribution in [0.25, 0.3) is 0 Å². The van der Waals surface area contributed by atoms with Crippen molar-refractivity contribution >= 4 is 11.8 Å². The third-order valence-corrected chi connectivity index (χ3v) is 4.89. The van der Waals surface area contributed by atoms with E-state index in [-0.39, 0.29) is 29.8 Å². The molecule has 0 saturated carbocycles. The molecule has 0 bridgehead atoms. The average Bonchev–Trinajstić information content (AvgIpc) is 3.02. The maximum Gasteiger partial charge on any atom is 0.278 e. The van der Waals surface area contributed by atoms with E-state index in [1.807, 2.05) is 13.8 Å². The number of alkyl halides is 2. The van der Waals surface area contributed by atoms with Crippen LogP contribution in [0.2, 0.25) is 0 Å². The molecule has 2 aromatic heterocycles. The van der Waals surface area contributed by atoms with E-state index >= 15 is 0 Å². The Hall–Kier alpha value is -3.10. The van der Waals surface area contributed by atoms with Crippen molar-refractivity contribution < 1.29 is 23.1 Å². The molecule has 3 rings (SSSR count). The van der Waals surface area contributed by atoms with Crippen LogP contribution >= 0.6 is 0 Å². The van der Waals surface area contributed by atoms with Crippen molar-refractivity contribution in [3.05, 3.63) is 52.6 Å². The summed E-state index contributed by atoms with van der Waals surface area (Å²) in [5.74, 6) is -3.20. The fraction of sp³-hybridized carbons (Fsp3) is 0.429. The van der Waals surface area contributed by atoms with E-state index in [1.54, 1.807) is 24.0 Å². The number of aromatic nitrogens is 2. The summed E-state index contributed by atoms with van der Waals surface area (Å²) in [5, 5.41) is 2.71. The Balaban J connectivity index is 1.81. The van der Waals surface area contributed by atoms with Gasteiger partial charge in [-0.1, -0.05) is 0 Å². The topological polar surface area (TPSA) is 84.4 Å². The van der Waals surface area contributed by atoms with Crippen LogP contribution in [0.3, 0.4) is 0 Å². The monoisotopic (exact) mass is 418 g/mol. The summed E-state index contributed by atoms with van der Waals surface area (Å²) >= 11 is 0. The summed E-state index contributed by atoms with van der Waals surface area (Å²) in [6, 6.07) is 2.92. The van der Waals surface area contributed by atoms with Crippen LogP contribution in [-0.2, 0) is 6.54 Å². The number of ether oxygens (including phenoxy) is 1. The minimum absolute atomic E-state index is 0.212. The van der Waals surface area contributed by atoms with Gasteiger partial charge in [-0.25, -0.2) is 8.78 Å². The minimum Gasteiger partial charge on any atom is -0.485 e. The molecule has 0 aromatic carbocycles. The summed E-state index contributed by atoms with van der Waals surface area (Å²) in [6.45, 7) is 6.11. The molecule has 0 fully saturated rings. The van der Waals surface area contributed by atoms with Crippen molar-refractivity contribution in [2.45, 2.75) is 46.2 Å². The van der Waals surface area contributed by atoms with Crippen LogP contribution in [0.4, 0.5) is 8.78 Å². The van der Waals surface area contributed by atoms with Gasteiger partial charge in [0, 0.05) is 37.3 Å². The first-order valence-corrected chi connectivity index (χ1v) is 9.66. The van der Waals surface area contributed by atoms with Gasteiger partial charge in [0.15, 0.2) is 6.61 Å². The second-order valence-electron chi connectivity index (χ2n) is 7.39. The molecule has 1 unspecified atom stereocenters. The highest BCUT2D eigenvalue weighted by molar-refractivity contribution is 6.03. The van der Waals surface area contributed by atoms with Crippen molar-refractivity contribution in [2.24, 2.45) is 0 Å². The summed E-state index contributed by atoms with van der Waals surface area (Å²) in [4.78, 5) is 35.3. The van der Waals surface area contributed by atoms with Gasteiger partial charge in [0.2, 0.25) is 0 Å². The van der Waals surface area contributed by atoms with Crippen LogP contribution in [0.5, 0.6) is 5.75 Å². The van der Waals surface area contributed by atoms with E-state index in [4.69, 9.17) is 4.74 Å². The van der Waals surface area contributed by atoms with Crippen molar-refractivity contribution in [3.63, 3.8) is 0 Å². The number of nitrogens with one attached hydrogen (secondary N) is 1. The number of fused-ring (bicyclic) bond motifs is 1. The van der Waals surface area contributed by atoms with Gasteiger partial charge in [-0.2, -0.15) is 0 Å². The number of rotatable bonds is 7. The molecule has 1 N–H and O–H groups in total. The van der Waals surface area contributed by atoms with Crippen LogP contribution in [0.15, 0.2) is 24.5 Å². The lowest BCUT2D eigenvalue weighted by Crippen LogP contribution is -2.28. The molecule has 3 heterocycles. The first-order chi connectivity index (χ1) is 14.1. The molecule has 0 radical (unpaired) electrons. The van der Waals surface area contributed by atoms with E-state index in [2.05, 4.69) is 15.3 Å². The molecule has 1 atom stereocenters. The molecular weight excluding hydrogens is 394 g/mol. The molecule has 1 aliphatic heterocycles. The smallest absolute Gasteiger partial charge is 0.278 e. The molecule has 1 aliphatic rings. The second kappa shape index (κ2) is 8.33. The van der Waals surface area contributed by atoms with Crippen LogP contribution in [-0.4, -0.2) is 45.8 Å². The van der Waals surface area contributed by atoms with Gasteiger partial charge in [0.25, 0.3) is 17.7 Å². The summed E-state index contributed by atoms with van der Waals surface area (Å²) in [7, 11) is 0. The number of pyridine rings is 2. The SMILES string of the molecule is CCNC(=O)c1nccc2c1CN(C(C)c1cc(C)c(OCC(C)(F)F)cn1)C2=O. The zero-order chi connectivity index (χ0) is 22.1. The van der Waals surface area contributed by atoms with E-state index in [0.29, 0.717) is 28.9 Å². The number of hydrogen-bond acceptors (Lipinski definition) is 5. The third-order valence-electron chi connectivity index (χ3n) is 4.89. The van der Waals surface area contributed by atoms with Gasteiger partial charge in [-0.3, -0.25) is 19.6 Å². The van der Waals surface area contributed by atoms with Crippen molar-refractivity contribution in [1.82, 2.24) is 20.2 Å². The number of carbonyl (C=O) groups is 2. The number of aryl methyl sites for hydroxylation is 1. The maximum absolute atomic E-state index is 13.0. The number of nitrogens with zero attached hydrogens (tertiary/aromatic N) is 3. The maximum atomic E-state index is 13.0. The Kier molecular flexibility index (Phi) is 6.00. The van der Waals surface area contributed by atoms with Gasteiger partial charge in [0.1, 0.15) is 11.4 Å². The van der Waals surface area contributed by atoms with Gasteiger partial charge < -0.3 is 15.0 Å². The van der Waals surface area contributed by atoms with Crippen molar-refractivity contribution in [3.8, 4) is 5.75 Å². The highest BCUT2D eigenvalue weighted by Gasteiger charge is 2.35. The molecule has 0 aliphatic carbocycles. The molecule has 30 heavy (non-hydrogen) atoms. The average molecular weight is 418 g/mol. The third kappa shape index (κ3) is 4.39. The zero-order valence-corrected chi connectivity index (χ0v) is 17.3. The predicted molar refractivity (Wildman–Crippen MR) is 106 cm³/mol. The van der Waals surface area contributed by atoms with E-state index in [9.17, 15) is 18.4 Å². The second-order valence-corrected chi connectivity index (χ2v) is 7.39. The number of halogens is 2. The summed E-state index contributed by atoms with van der Waals surface area (Å²) in [5.41, 5.74) is 2.51. The normalized spacial score (nSPS) is 14.5. The molecule has 0 saturated heterocycles. The summed E-state index contributed by atoms with van der Waals surface area (Å²) < 4.78 is 31.2. The zero-order valence-electron chi connectivity index (χ0n) is 17.3. The molecule has 7 nitrogen and oxygen atoms in total. The van der Waals surface area contributed by atoms with E-state index in [1.165, 1.54) is 12.4 Å². The highest BCUT2D eigenvalue weighted by Crippen LogP contribution is 2.33. The quantitative estimate of drug-likeness (QED) is 0.746. The van der Waals surface area contributed by atoms with Gasteiger partial charge in [0.05, 0.1) is 17.9 Å². The van der Waals surface area contributed by atoms with Gasteiger partial charge >= 0.3 is 0 Å². The van der Waals surface area contributed by atoms with Gasteiger partial charge in [-0.15, -0.1) is 0 Å². The van der Waals surface area contributed by atoms with Crippen LogP contribution in [0, 0.1) is 6.92 Å². The van der Waals surface area contributed by atoms with Crippen molar-refractivity contribution in [1.29, 1.82) is 0 Å². The number of carbonyl (C=O) groups excluding carboxylic acids is 2. The Morgan fingerprint density at radius 3 is 2.77 bits per heavy atom. The molecule has 160 valence electrons. The lowest BCUT2D eigenvalue weighted by Gasteiger charge is -2.24. The Bertz CT molecular complexity index is 975. The molecule has 2 amide bonds. The van der Waals surface area contributed by atoms with Crippen LogP contribution in [0.1, 0.15) is 64.5 Å². The molecule has 0 spiro atoms. The molecule has 2 aromatic rings. The lowest BCUT2D eigenvalue weighted by molar-refractivity contribution is -0.0232. The highest BCUT2D eigenvalue weighted by atomic mass is 19.3. The number of amides is 2. The van der Waals surface area contributed by atoms with Crippen LogP contribution < -0.4 is 10.1 Å². The molecular formula is C21H24F2N4O3. The van der Waals surface area contributed by atoms with Crippen molar-refractivity contribution in [2.75, 3.05) is 13.2 Å². The minimum atomic E-state index is -2.94. The Morgan fingerprint density at radius 2 is 2.13 bits per heavy atom. The van der Waals surface area contributed by atoms with Gasteiger partial charge in [-0.05, 0) is 38.5 Å². The Morgan fingerprint density at radius 1 is 1.40 bits per heavy atom. The first kappa shape index (κ1) is 21.6. The fourth-order valence-electron chi connectivity index (χ4n) is 3.31. The number of hydrogen-bond donors (Lipinski definition) is 1. The first-order valence-electron chi connectivity index (χ1n) is 9.66. The fourth-order valence-corrected chi connectivity index (χ4v) is 3.31. The Labute approximate surface area is 173 Å². The lowest BCUT2D eigenvalue weighted by atomic mass is 10.1. The standard InChI is InChI=1S/C21H24F2N4O3/c1-5-24-19(28)18-15-10-27(20(29)14(15)6-7-25-18)13(3)16-8-12(2)17(9-26-16)30-11-21(4,22)23/h6-9,13H,5,10-11H2,1-4H3,(H,24,28).